The molecule has 0 N–H and O–H groups in total. The average Bonchev–Trinajstić information content (AvgIpc) is 3.38. The van der Waals surface area contributed by atoms with Crippen molar-refractivity contribution in [3.63, 3.8) is 0 Å². The number of fused-ring (bicyclic) bond motifs is 1. The van der Waals surface area contributed by atoms with Gasteiger partial charge in [0, 0.05) is 34.3 Å². The predicted octanol–water partition coefficient (Wildman–Crippen LogP) is 3.67. The summed E-state index contributed by atoms with van der Waals surface area (Å²) < 4.78 is 5.16. The van der Waals surface area contributed by atoms with Crippen molar-refractivity contribution in [1.29, 1.82) is 0 Å². The molecule has 4 heterocycles. The Bertz CT molecular complexity index is 898. The summed E-state index contributed by atoms with van der Waals surface area (Å²) in [5.41, 5.74) is 2.43. The number of thiophene rings is 2. The molecule has 1 aliphatic rings. The molecule has 8 heteroatoms. The molecule has 0 fully saturated rings. The maximum Gasteiger partial charge on any atom is 0.358 e. The van der Waals surface area contributed by atoms with Crippen LogP contribution in [-0.4, -0.2) is 34.9 Å². The maximum atomic E-state index is 12.3. The molecule has 0 atom stereocenters. The number of amides is 1. The lowest BCUT2D eigenvalue weighted by Gasteiger charge is -2.26. The molecule has 0 aromatic carbocycles. The molecular weight excluding hydrogens is 376 g/mol. The third-order valence-corrected chi connectivity index (χ3v) is 6.57. The van der Waals surface area contributed by atoms with Crippen molar-refractivity contribution in [3.8, 4) is 10.6 Å². The van der Waals surface area contributed by atoms with Crippen molar-refractivity contribution in [2.45, 2.75) is 13.0 Å². The number of hydrogen-bond donors (Lipinski definition) is 0. The number of esters is 1. The largest absolute Gasteiger partial charge is 0.451 e. The number of thiazole rings is 1. The summed E-state index contributed by atoms with van der Waals surface area (Å²) in [6.45, 7) is 1.01. The first-order chi connectivity index (χ1) is 12.2. The van der Waals surface area contributed by atoms with Crippen LogP contribution in [0.2, 0.25) is 0 Å². The highest BCUT2D eigenvalue weighted by Crippen LogP contribution is 2.26. The number of ether oxygens (including phenoxy) is 1. The van der Waals surface area contributed by atoms with Gasteiger partial charge in [-0.3, -0.25) is 4.79 Å². The second-order valence-corrected chi connectivity index (χ2v) is 8.20. The Labute approximate surface area is 156 Å². The van der Waals surface area contributed by atoms with Gasteiger partial charge in [-0.15, -0.1) is 22.7 Å². The molecule has 1 aliphatic heterocycles. The average molecular weight is 391 g/mol. The van der Waals surface area contributed by atoms with Crippen LogP contribution in [0.3, 0.4) is 0 Å². The molecule has 25 heavy (non-hydrogen) atoms. The third kappa shape index (κ3) is 3.51. The number of carbonyl (C=O) groups is 2. The minimum Gasteiger partial charge on any atom is -0.451 e. The van der Waals surface area contributed by atoms with Gasteiger partial charge in [0.25, 0.3) is 5.91 Å². The molecular formula is C17H14N2O3S3. The van der Waals surface area contributed by atoms with Crippen LogP contribution < -0.4 is 0 Å². The van der Waals surface area contributed by atoms with E-state index >= 15 is 0 Å². The van der Waals surface area contributed by atoms with E-state index in [0.29, 0.717) is 13.1 Å². The van der Waals surface area contributed by atoms with Crippen molar-refractivity contribution < 1.29 is 14.3 Å². The van der Waals surface area contributed by atoms with E-state index in [1.807, 2.05) is 28.3 Å². The fourth-order valence-electron chi connectivity index (χ4n) is 2.64. The molecule has 0 bridgehead atoms. The van der Waals surface area contributed by atoms with Gasteiger partial charge in [0.15, 0.2) is 12.3 Å². The van der Waals surface area contributed by atoms with Gasteiger partial charge < -0.3 is 9.64 Å². The molecule has 128 valence electrons. The van der Waals surface area contributed by atoms with E-state index in [4.69, 9.17) is 4.74 Å². The highest BCUT2D eigenvalue weighted by atomic mass is 32.1. The highest BCUT2D eigenvalue weighted by Gasteiger charge is 2.23. The van der Waals surface area contributed by atoms with Crippen molar-refractivity contribution in [3.05, 3.63) is 49.8 Å². The Morgan fingerprint density at radius 3 is 2.96 bits per heavy atom. The van der Waals surface area contributed by atoms with E-state index in [1.165, 1.54) is 21.8 Å². The first-order valence-electron chi connectivity index (χ1n) is 7.69. The van der Waals surface area contributed by atoms with Crippen LogP contribution in [0.5, 0.6) is 0 Å². The Morgan fingerprint density at radius 1 is 1.20 bits per heavy atom. The third-order valence-electron chi connectivity index (χ3n) is 3.97. The lowest BCUT2D eigenvalue weighted by atomic mass is 10.1. The Hall–Kier alpha value is -2.03. The molecule has 0 unspecified atom stereocenters. The fourth-order valence-corrected chi connectivity index (χ4v) is 5.03. The summed E-state index contributed by atoms with van der Waals surface area (Å²) in [5.74, 6) is -0.724. The fraction of sp³-hybridized carbons (Fsp3) is 0.235. The molecule has 0 saturated heterocycles. The van der Waals surface area contributed by atoms with Gasteiger partial charge in [-0.25, -0.2) is 9.78 Å². The second-order valence-electron chi connectivity index (χ2n) is 5.56. The van der Waals surface area contributed by atoms with Gasteiger partial charge in [-0.05, 0) is 34.9 Å². The van der Waals surface area contributed by atoms with Crippen LogP contribution in [-0.2, 0) is 22.5 Å². The van der Waals surface area contributed by atoms with Gasteiger partial charge in [0.05, 0.1) is 0 Å². The van der Waals surface area contributed by atoms with Gasteiger partial charge in [-0.2, -0.15) is 11.3 Å². The van der Waals surface area contributed by atoms with E-state index in [-0.39, 0.29) is 18.2 Å². The standard InChI is InChI=1S/C17H14N2O3S3/c20-15(19-4-1-14-11(7-19)3-6-24-14)8-22-17(21)13-10-25-16(18-13)12-2-5-23-9-12/h2-3,5-6,9-10H,1,4,7-8H2. The molecule has 3 aromatic rings. The first kappa shape index (κ1) is 16.4. The van der Waals surface area contributed by atoms with Gasteiger partial charge in [0.2, 0.25) is 0 Å². The van der Waals surface area contributed by atoms with Crippen LogP contribution in [0.25, 0.3) is 10.6 Å². The van der Waals surface area contributed by atoms with Crippen LogP contribution in [0.1, 0.15) is 20.9 Å². The molecule has 0 radical (unpaired) electrons. The van der Waals surface area contributed by atoms with Crippen LogP contribution in [0.4, 0.5) is 0 Å². The van der Waals surface area contributed by atoms with Gasteiger partial charge >= 0.3 is 5.97 Å². The van der Waals surface area contributed by atoms with Gasteiger partial charge in [0.1, 0.15) is 5.01 Å². The summed E-state index contributed by atoms with van der Waals surface area (Å²) in [6, 6.07) is 4.00. The summed E-state index contributed by atoms with van der Waals surface area (Å²) in [4.78, 5) is 31.8. The topological polar surface area (TPSA) is 59.5 Å². The Morgan fingerprint density at radius 2 is 2.12 bits per heavy atom. The van der Waals surface area contributed by atoms with E-state index in [2.05, 4.69) is 4.98 Å². The van der Waals surface area contributed by atoms with E-state index in [9.17, 15) is 9.59 Å². The maximum absolute atomic E-state index is 12.3. The quantitative estimate of drug-likeness (QED) is 0.638. The lowest BCUT2D eigenvalue weighted by Crippen LogP contribution is -2.38. The van der Waals surface area contributed by atoms with Crippen molar-refractivity contribution >= 4 is 45.9 Å². The van der Waals surface area contributed by atoms with Crippen LogP contribution in [0, 0.1) is 0 Å². The summed E-state index contributed by atoms with van der Waals surface area (Å²) in [6.07, 6.45) is 0.864. The number of carbonyl (C=O) groups excluding carboxylic acids is 2. The van der Waals surface area contributed by atoms with Crippen LogP contribution in [0.15, 0.2) is 33.7 Å². The van der Waals surface area contributed by atoms with E-state index in [0.717, 1.165) is 17.0 Å². The Balaban J connectivity index is 1.34. The number of nitrogens with zero attached hydrogens (tertiary/aromatic N) is 2. The van der Waals surface area contributed by atoms with Gasteiger partial charge in [-0.1, -0.05) is 0 Å². The van der Waals surface area contributed by atoms with E-state index in [1.54, 1.807) is 33.0 Å². The zero-order chi connectivity index (χ0) is 17.2. The van der Waals surface area contributed by atoms with Crippen LogP contribution >= 0.6 is 34.0 Å². The predicted molar refractivity (Wildman–Crippen MR) is 99.1 cm³/mol. The second kappa shape index (κ2) is 7.07. The molecule has 0 saturated carbocycles. The Kier molecular flexibility index (Phi) is 4.65. The number of hydrogen-bond acceptors (Lipinski definition) is 7. The summed E-state index contributed by atoms with van der Waals surface area (Å²) in [7, 11) is 0. The summed E-state index contributed by atoms with van der Waals surface area (Å²) in [5, 5.41) is 8.43. The van der Waals surface area contributed by atoms with Crippen molar-refractivity contribution in [2.24, 2.45) is 0 Å². The number of aromatic nitrogens is 1. The monoisotopic (exact) mass is 390 g/mol. The molecule has 4 rings (SSSR count). The number of rotatable bonds is 4. The molecule has 0 spiro atoms. The summed E-state index contributed by atoms with van der Waals surface area (Å²) >= 11 is 4.70. The zero-order valence-corrected chi connectivity index (χ0v) is 15.6. The van der Waals surface area contributed by atoms with E-state index < -0.39 is 5.97 Å². The normalized spacial score (nSPS) is 13.5. The molecule has 0 aliphatic carbocycles. The SMILES string of the molecule is O=C(OCC(=O)N1CCc2sccc2C1)c1csc(-c2ccsc2)n1. The lowest BCUT2D eigenvalue weighted by molar-refractivity contribution is -0.135. The first-order valence-corrected chi connectivity index (χ1v) is 10.4. The minimum absolute atomic E-state index is 0.168. The smallest absolute Gasteiger partial charge is 0.358 e. The molecule has 1 amide bonds. The minimum atomic E-state index is -0.556. The van der Waals surface area contributed by atoms with Crippen molar-refractivity contribution in [2.75, 3.05) is 13.2 Å². The molecule has 3 aromatic heterocycles. The molecule has 5 nitrogen and oxygen atoms in total. The highest BCUT2D eigenvalue weighted by molar-refractivity contribution is 7.14. The van der Waals surface area contributed by atoms with Crippen molar-refractivity contribution in [1.82, 2.24) is 9.88 Å². The zero-order valence-electron chi connectivity index (χ0n) is 13.1.